The molecular formula is C14H22N2O. The molecule has 0 amide bonds. The van der Waals surface area contributed by atoms with E-state index in [9.17, 15) is 0 Å². The monoisotopic (exact) mass is 234 g/mol. The zero-order valence-electron chi connectivity index (χ0n) is 10.5. The Morgan fingerprint density at radius 2 is 2.06 bits per heavy atom. The minimum atomic E-state index is 0.268. The van der Waals surface area contributed by atoms with E-state index in [1.165, 1.54) is 18.4 Å². The summed E-state index contributed by atoms with van der Waals surface area (Å²) >= 11 is 0. The molecule has 0 saturated heterocycles. The summed E-state index contributed by atoms with van der Waals surface area (Å²) in [6.45, 7) is 0.809. The quantitative estimate of drug-likeness (QED) is 0.431. The van der Waals surface area contributed by atoms with E-state index in [0.717, 1.165) is 19.4 Å². The minimum Gasteiger partial charge on any atom is -0.385 e. The van der Waals surface area contributed by atoms with Crippen molar-refractivity contribution in [3.63, 3.8) is 0 Å². The maximum atomic E-state index is 5.73. The topological polar surface area (TPSA) is 47.3 Å². The van der Waals surface area contributed by atoms with Crippen molar-refractivity contribution < 1.29 is 4.74 Å². The van der Waals surface area contributed by atoms with E-state index in [1.54, 1.807) is 7.11 Å². The van der Waals surface area contributed by atoms with Crippen molar-refractivity contribution in [2.45, 2.75) is 37.1 Å². The fourth-order valence-electron chi connectivity index (χ4n) is 2.69. The number of rotatable bonds is 7. The summed E-state index contributed by atoms with van der Waals surface area (Å²) in [5.74, 6) is 5.73. The summed E-state index contributed by atoms with van der Waals surface area (Å²) in [5, 5.41) is 0. The highest BCUT2D eigenvalue weighted by Gasteiger charge is 2.49. The highest BCUT2D eigenvalue weighted by atomic mass is 16.5. The van der Waals surface area contributed by atoms with Crippen LogP contribution >= 0.6 is 0 Å². The van der Waals surface area contributed by atoms with Crippen LogP contribution in [0.15, 0.2) is 30.3 Å². The Hall–Kier alpha value is -0.900. The smallest absolute Gasteiger partial charge is 0.0462 e. The van der Waals surface area contributed by atoms with Crippen LogP contribution in [0.1, 0.15) is 31.2 Å². The minimum absolute atomic E-state index is 0.268. The lowest BCUT2D eigenvalue weighted by molar-refractivity contribution is 0.186. The Bertz CT molecular complexity index is 335. The number of benzene rings is 1. The van der Waals surface area contributed by atoms with Gasteiger partial charge in [0.1, 0.15) is 0 Å². The number of ether oxygens (including phenoxy) is 1. The molecule has 0 spiro atoms. The molecular weight excluding hydrogens is 212 g/mol. The second kappa shape index (κ2) is 5.63. The first-order valence-corrected chi connectivity index (χ1v) is 6.34. The molecule has 1 aliphatic rings. The number of hydrogen-bond acceptors (Lipinski definition) is 3. The molecule has 2 rings (SSSR count). The molecule has 1 atom stereocenters. The molecule has 1 saturated carbocycles. The number of nitrogens with one attached hydrogen (secondary N) is 1. The predicted octanol–water partition coefficient (Wildman–Crippen LogP) is 1.98. The van der Waals surface area contributed by atoms with Crippen LogP contribution in [0.4, 0.5) is 0 Å². The van der Waals surface area contributed by atoms with E-state index in [1.807, 2.05) is 0 Å². The second-order valence-electron chi connectivity index (χ2n) is 4.88. The predicted molar refractivity (Wildman–Crippen MR) is 69.6 cm³/mol. The van der Waals surface area contributed by atoms with Crippen molar-refractivity contribution in [1.82, 2.24) is 5.43 Å². The molecule has 0 radical (unpaired) electrons. The normalized spacial score (nSPS) is 18.9. The highest BCUT2D eigenvalue weighted by molar-refractivity contribution is 5.33. The van der Waals surface area contributed by atoms with Gasteiger partial charge in [0.2, 0.25) is 0 Å². The summed E-state index contributed by atoms with van der Waals surface area (Å²) < 4.78 is 5.11. The van der Waals surface area contributed by atoms with E-state index in [0.29, 0.717) is 6.04 Å². The molecule has 0 aromatic heterocycles. The summed E-state index contributed by atoms with van der Waals surface area (Å²) in [4.78, 5) is 0. The number of hydrazine groups is 1. The van der Waals surface area contributed by atoms with Gasteiger partial charge in [-0.05, 0) is 31.2 Å². The van der Waals surface area contributed by atoms with Gasteiger partial charge in [0.15, 0.2) is 0 Å². The van der Waals surface area contributed by atoms with E-state index in [-0.39, 0.29) is 5.41 Å². The van der Waals surface area contributed by atoms with Gasteiger partial charge in [-0.15, -0.1) is 0 Å². The SMILES string of the molecule is COCCCC(NN)C1(c2ccccc2)CC1. The lowest BCUT2D eigenvalue weighted by atomic mass is 9.86. The van der Waals surface area contributed by atoms with E-state index >= 15 is 0 Å². The highest BCUT2D eigenvalue weighted by Crippen LogP contribution is 2.51. The van der Waals surface area contributed by atoms with E-state index < -0.39 is 0 Å². The van der Waals surface area contributed by atoms with Gasteiger partial charge >= 0.3 is 0 Å². The van der Waals surface area contributed by atoms with Gasteiger partial charge in [0.05, 0.1) is 0 Å². The molecule has 0 bridgehead atoms. The summed E-state index contributed by atoms with van der Waals surface area (Å²) in [7, 11) is 1.75. The lowest BCUT2D eigenvalue weighted by Crippen LogP contribution is -2.44. The molecule has 1 aromatic carbocycles. The number of methoxy groups -OCH3 is 1. The Balaban J connectivity index is 2.03. The van der Waals surface area contributed by atoms with Crippen LogP contribution in [0.5, 0.6) is 0 Å². The third kappa shape index (κ3) is 2.68. The van der Waals surface area contributed by atoms with Crippen LogP contribution in [0, 0.1) is 0 Å². The van der Waals surface area contributed by atoms with Crippen molar-refractivity contribution in [3.05, 3.63) is 35.9 Å². The van der Waals surface area contributed by atoms with E-state index in [4.69, 9.17) is 10.6 Å². The Labute approximate surface area is 103 Å². The molecule has 1 fully saturated rings. The first-order valence-electron chi connectivity index (χ1n) is 6.34. The zero-order chi connectivity index (χ0) is 12.1. The molecule has 3 nitrogen and oxygen atoms in total. The van der Waals surface area contributed by atoms with Gasteiger partial charge < -0.3 is 4.74 Å². The summed E-state index contributed by atoms with van der Waals surface area (Å²) in [5.41, 5.74) is 4.69. The standard InChI is InChI=1S/C14H22N2O/c1-17-11-5-8-13(16-15)14(9-10-14)12-6-3-2-4-7-12/h2-4,6-7,13,16H,5,8-11,15H2,1H3. The molecule has 0 heterocycles. The summed E-state index contributed by atoms with van der Waals surface area (Å²) in [6.07, 6.45) is 4.59. The number of nitrogens with two attached hydrogens (primary N) is 1. The van der Waals surface area contributed by atoms with Crippen LogP contribution in [0.2, 0.25) is 0 Å². The molecule has 3 N–H and O–H groups in total. The van der Waals surface area contributed by atoms with Gasteiger partial charge in [-0.3, -0.25) is 11.3 Å². The van der Waals surface area contributed by atoms with Crippen molar-refractivity contribution in [2.24, 2.45) is 5.84 Å². The second-order valence-corrected chi connectivity index (χ2v) is 4.88. The van der Waals surface area contributed by atoms with Crippen molar-refractivity contribution in [2.75, 3.05) is 13.7 Å². The van der Waals surface area contributed by atoms with Crippen molar-refractivity contribution >= 4 is 0 Å². The van der Waals surface area contributed by atoms with Crippen molar-refractivity contribution in [3.8, 4) is 0 Å². The summed E-state index contributed by atoms with van der Waals surface area (Å²) in [6, 6.07) is 11.1. The lowest BCUT2D eigenvalue weighted by Gasteiger charge is -2.27. The fourth-order valence-corrected chi connectivity index (χ4v) is 2.69. The Morgan fingerprint density at radius 3 is 2.59 bits per heavy atom. The van der Waals surface area contributed by atoms with Crippen LogP contribution < -0.4 is 11.3 Å². The van der Waals surface area contributed by atoms with Crippen LogP contribution in [-0.2, 0) is 10.2 Å². The maximum Gasteiger partial charge on any atom is 0.0462 e. The molecule has 3 heteroatoms. The first kappa shape index (κ1) is 12.6. The molecule has 1 aliphatic carbocycles. The van der Waals surface area contributed by atoms with E-state index in [2.05, 4.69) is 35.8 Å². The van der Waals surface area contributed by atoms with Crippen molar-refractivity contribution in [1.29, 1.82) is 0 Å². The Kier molecular flexibility index (Phi) is 4.15. The van der Waals surface area contributed by atoms with Gasteiger partial charge in [-0.1, -0.05) is 30.3 Å². The Morgan fingerprint density at radius 1 is 1.35 bits per heavy atom. The van der Waals surface area contributed by atoms with Crippen LogP contribution in [-0.4, -0.2) is 19.8 Å². The van der Waals surface area contributed by atoms with Gasteiger partial charge in [-0.2, -0.15) is 0 Å². The van der Waals surface area contributed by atoms with Crippen LogP contribution in [0.25, 0.3) is 0 Å². The zero-order valence-corrected chi connectivity index (χ0v) is 10.5. The largest absolute Gasteiger partial charge is 0.385 e. The van der Waals surface area contributed by atoms with Gasteiger partial charge in [0, 0.05) is 25.2 Å². The number of hydrogen-bond donors (Lipinski definition) is 2. The molecule has 94 valence electrons. The van der Waals surface area contributed by atoms with Crippen LogP contribution in [0.3, 0.4) is 0 Å². The third-order valence-corrected chi connectivity index (χ3v) is 3.85. The molecule has 0 aliphatic heterocycles. The average Bonchev–Trinajstić information content (AvgIpc) is 3.17. The molecule has 1 unspecified atom stereocenters. The average molecular weight is 234 g/mol. The third-order valence-electron chi connectivity index (χ3n) is 3.85. The molecule has 17 heavy (non-hydrogen) atoms. The maximum absolute atomic E-state index is 5.73. The fraction of sp³-hybridized carbons (Fsp3) is 0.571. The van der Waals surface area contributed by atoms with Gasteiger partial charge in [-0.25, -0.2) is 0 Å². The van der Waals surface area contributed by atoms with Gasteiger partial charge in [0.25, 0.3) is 0 Å². The molecule has 1 aromatic rings. The first-order chi connectivity index (χ1) is 8.33.